The molecule has 4 heteroatoms. The molecule has 0 amide bonds. The van der Waals surface area contributed by atoms with E-state index in [2.05, 4.69) is 54.6 Å². The van der Waals surface area contributed by atoms with E-state index in [1.54, 1.807) is 0 Å². The maximum absolute atomic E-state index is 6.53. The molecule has 1 saturated heterocycles. The van der Waals surface area contributed by atoms with Gasteiger partial charge in [0.2, 0.25) is 0 Å². The Morgan fingerprint density at radius 1 is 1.00 bits per heavy atom. The fourth-order valence-corrected chi connectivity index (χ4v) is 4.19. The van der Waals surface area contributed by atoms with E-state index in [9.17, 15) is 0 Å². The smallest absolute Gasteiger partial charge is 0.186 e. The number of nitrogens with zero attached hydrogens (tertiary/aromatic N) is 2. The lowest BCUT2D eigenvalue weighted by molar-refractivity contribution is -0.314. The monoisotopic (exact) mass is 370 g/mol. The molecule has 0 N–H and O–H groups in total. The number of hydrogen-bond donors (Lipinski definition) is 0. The summed E-state index contributed by atoms with van der Waals surface area (Å²) < 4.78 is 15.1. The zero-order valence-electron chi connectivity index (χ0n) is 17.1. The molecule has 1 aliphatic heterocycles. The molecule has 0 bridgehead atoms. The fraction of sp³-hybridized carbons (Fsp3) is 0.609. The van der Waals surface area contributed by atoms with E-state index in [-0.39, 0.29) is 5.41 Å². The summed E-state index contributed by atoms with van der Waals surface area (Å²) in [4.78, 5) is 4.19. The Hall–Kier alpha value is -1.65. The Morgan fingerprint density at radius 3 is 2.22 bits per heavy atom. The standard InChI is InChI=1S/C23H34N2O2/c1-4-11-22(12-5-2)17-26-23(27-18-22,16-25-15-14-24-19-25)13-10-21-8-6-20(3)7-9-21/h6-9,14-15,19H,4-5,10-13,16-18H2,1-3H3. The van der Waals surface area contributed by atoms with Crippen LogP contribution in [-0.2, 0) is 22.4 Å². The van der Waals surface area contributed by atoms with Gasteiger partial charge in [-0.3, -0.25) is 0 Å². The van der Waals surface area contributed by atoms with Crippen LogP contribution in [0, 0.1) is 12.3 Å². The van der Waals surface area contributed by atoms with Crippen molar-refractivity contribution in [3.8, 4) is 0 Å². The normalized spacial score (nSPS) is 18.5. The molecule has 0 spiro atoms. The van der Waals surface area contributed by atoms with Crippen LogP contribution < -0.4 is 0 Å². The van der Waals surface area contributed by atoms with Crippen molar-refractivity contribution in [1.82, 2.24) is 9.55 Å². The van der Waals surface area contributed by atoms with Crippen LogP contribution in [0.5, 0.6) is 0 Å². The maximum Gasteiger partial charge on any atom is 0.186 e. The second-order valence-electron chi connectivity index (χ2n) is 8.21. The van der Waals surface area contributed by atoms with Crippen LogP contribution >= 0.6 is 0 Å². The number of hydrogen-bond acceptors (Lipinski definition) is 3. The third kappa shape index (κ3) is 5.20. The zero-order chi connectivity index (χ0) is 19.2. The Balaban J connectivity index is 1.72. The van der Waals surface area contributed by atoms with E-state index in [1.165, 1.54) is 36.8 Å². The van der Waals surface area contributed by atoms with E-state index in [1.807, 2.05) is 18.7 Å². The third-order valence-electron chi connectivity index (χ3n) is 5.74. The summed E-state index contributed by atoms with van der Waals surface area (Å²) in [5.74, 6) is -0.573. The van der Waals surface area contributed by atoms with Crippen molar-refractivity contribution < 1.29 is 9.47 Å². The summed E-state index contributed by atoms with van der Waals surface area (Å²) in [7, 11) is 0. The molecule has 0 radical (unpaired) electrons. The minimum absolute atomic E-state index is 0.172. The average Bonchev–Trinajstić information content (AvgIpc) is 3.17. The second kappa shape index (κ2) is 9.03. The summed E-state index contributed by atoms with van der Waals surface area (Å²) in [6.45, 7) is 8.89. The van der Waals surface area contributed by atoms with Crippen LogP contribution in [0.15, 0.2) is 43.0 Å². The highest BCUT2D eigenvalue weighted by molar-refractivity contribution is 5.21. The Kier molecular flexibility index (Phi) is 6.72. The second-order valence-corrected chi connectivity index (χ2v) is 8.21. The molecule has 0 saturated carbocycles. The van der Waals surface area contributed by atoms with Crippen molar-refractivity contribution in [2.45, 2.75) is 71.6 Å². The van der Waals surface area contributed by atoms with E-state index in [0.717, 1.165) is 26.1 Å². The predicted molar refractivity (Wildman–Crippen MR) is 109 cm³/mol. The van der Waals surface area contributed by atoms with Crippen molar-refractivity contribution in [3.05, 3.63) is 54.1 Å². The lowest BCUT2D eigenvalue weighted by atomic mass is 9.79. The first-order valence-electron chi connectivity index (χ1n) is 10.4. The van der Waals surface area contributed by atoms with E-state index in [4.69, 9.17) is 9.47 Å². The van der Waals surface area contributed by atoms with Crippen molar-refractivity contribution in [2.24, 2.45) is 5.41 Å². The van der Waals surface area contributed by atoms with Gasteiger partial charge in [-0.2, -0.15) is 0 Å². The van der Waals surface area contributed by atoms with Gasteiger partial charge in [-0.1, -0.05) is 56.5 Å². The average molecular weight is 371 g/mol. The summed E-state index contributed by atoms with van der Waals surface area (Å²) in [6, 6.07) is 8.77. The minimum Gasteiger partial charge on any atom is -0.347 e. The molecule has 148 valence electrons. The molecule has 1 aliphatic rings. The molecule has 0 aliphatic carbocycles. The zero-order valence-corrected chi connectivity index (χ0v) is 17.1. The van der Waals surface area contributed by atoms with Crippen LogP contribution in [0.4, 0.5) is 0 Å². The molecule has 2 aromatic rings. The molecular formula is C23H34N2O2. The van der Waals surface area contributed by atoms with Crippen LogP contribution in [0.25, 0.3) is 0 Å². The van der Waals surface area contributed by atoms with Gasteiger partial charge in [0.1, 0.15) is 0 Å². The number of rotatable bonds is 9. The SMILES string of the molecule is CCCC1(CCC)COC(CCc2ccc(C)cc2)(Cn2ccnc2)OC1. The Labute approximate surface area is 163 Å². The van der Waals surface area contributed by atoms with Gasteiger partial charge in [0, 0.05) is 24.2 Å². The molecule has 2 heterocycles. The lowest BCUT2D eigenvalue weighted by Crippen LogP contribution is -2.52. The summed E-state index contributed by atoms with van der Waals surface area (Å²) in [5, 5.41) is 0. The van der Waals surface area contributed by atoms with Gasteiger partial charge in [-0.15, -0.1) is 0 Å². The Morgan fingerprint density at radius 2 is 1.67 bits per heavy atom. The van der Waals surface area contributed by atoms with E-state index >= 15 is 0 Å². The van der Waals surface area contributed by atoms with Crippen LogP contribution in [0.1, 0.15) is 57.1 Å². The Bertz CT molecular complexity index is 663. The first kappa shape index (κ1) is 20.1. The van der Waals surface area contributed by atoms with E-state index < -0.39 is 5.79 Å². The van der Waals surface area contributed by atoms with Gasteiger partial charge >= 0.3 is 0 Å². The number of imidazole rings is 1. The third-order valence-corrected chi connectivity index (χ3v) is 5.74. The number of aromatic nitrogens is 2. The van der Waals surface area contributed by atoms with Gasteiger partial charge in [0.05, 0.1) is 26.1 Å². The number of benzene rings is 1. The molecule has 0 unspecified atom stereocenters. The van der Waals surface area contributed by atoms with Crippen molar-refractivity contribution >= 4 is 0 Å². The van der Waals surface area contributed by atoms with Crippen LogP contribution in [0.3, 0.4) is 0 Å². The van der Waals surface area contributed by atoms with Crippen molar-refractivity contribution in [2.75, 3.05) is 13.2 Å². The first-order chi connectivity index (χ1) is 13.1. The molecule has 0 atom stereocenters. The van der Waals surface area contributed by atoms with Gasteiger partial charge in [-0.25, -0.2) is 4.98 Å². The van der Waals surface area contributed by atoms with Gasteiger partial charge in [0.25, 0.3) is 0 Å². The molecule has 27 heavy (non-hydrogen) atoms. The summed E-state index contributed by atoms with van der Waals surface area (Å²) in [5.41, 5.74) is 2.80. The molecule has 1 aromatic carbocycles. The van der Waals surface area contributed by atoms with Gasteiger partial charge in [-0.05, 0) is 31.7 Å². The quantitative estimate of drug-likeness (QED) is 0.612. The predicted octanol–water partition coefficient (Wildman–Crippen LogP) is 5.15. The van der Waals surface area contributed by atoms with E-state index in [0.29, 0.717) is 6.54 Å². The van der Waals surface area contributed by atoms with Crippen molar-refractivity contribution in [1.29, 1.82) is 0 Å². The molecular weight excluding hydrogens is 336 g/mol. The minimum atomic E-state index is -0.573. The number of ether oxygens (including phenoxy) is 2. The van der Waals surface area contributed by atoms with Crippen LogP contribution in [-0.4, -0.2) is 28.6 Å². The lowest BCUT2D eigenvalue weighted by Gasteiger charge is -2.47. The molecule has 1 aromatic heterocycles. The molecule has 3 rings (SSSR count). The topological polar surface area (TPSA) is 36.3 Å². The largest absolute Gasteiger partial charge is 0.347 e. The molecule has 4 nitrogen and oxygen atoms in total. The fourth-order valence-electron chi connectivity index (χ4n) is 4.19. The highest BCUT2D eigenvalue weighted by atomic mass is 16.7. The molecule has 1 fully saturated rings. The summed E-state index contributed by atoms with van der Waals surface area (Å²) in [6.07, 6.45) is 12.1. The highest BCUT2D eigenvalue weighted by Crippen LogP contribution is 2.40. The summed E-state index contributed by atoms with van der Waals surface area (Å²) >= 11 is 0. The van der Waals surface area contributed by atoms with Crippen LogP contribution in [0.2, 0.25) is 0 Å². The maximum atomic E-state index is 6.53. The highest BCUT2D eigenvalue weighted by Gasteiger charge is 2.44. The van der Waals surface area contributed by atoms with Gasteiger partial charge in [0.15, 0.2) is 5.79 Å². The first-order valence-corrected chi connectivity index (χ1v) is 10.4. The van der Waals surface area contributed by atoms with Crippen molar-refractivity contribution in [3.63, 3.8) is 0 Å². The number of aryl methyl sites for hydroxylation is 2. The van der Waals surface area contributed by atoms with Gasteiger partial charge < -0.3 is 14.0 Å².